The lowest BCUT2D eigenvalue weighted by atomic mass is 9.98. The lowest BCUT2D eigenvalue weighted by Crippen LogP contribution is -2.06. The van der Waals surface area contributed by atoms with Gasteiger partial charge >= 0.3 is 0 Å². The quantitative estimate of drug-likeness (QED) is 0.188. The molecule has 3 heterocycles. The fourth-order valence-corrected chi connectivity index (χ4v) is 7.15. The van der Waals surface area contributed by atoms with Gasteiger partial charge in [0.1, 0.15) is 11.2 Å². The van der Waals surface area contributed by atoms with Gasteiger partial charge in [-0.2, -0.15) is 9.97 Å². The van der Waals surface area contributed by atoms with E-state index in [0.29, 0.717) is 17.6 Å². The van der Waals surface area contributed by atoms with Crippen LogP contribution in [0.25, 0.3) is 94.7 Å². The zero-order valence-electron chi connectivity index (χ0n) is 26.9. The van der Waals surface area contributed by atoms with Crippen LogP contribution in [0.1, 0.15) is 0 Å². The van der Waals surface area contributed by atoms with Crippen molar-refractivity contribution in [2.45, 2.75) is 0 Å². The normalized spacial score (nSPS) is 11.6. The van der Waals surface area contributed by atoms with Crippen molar-refractivity contribution in [3.63, 3.8) is 0 Å². The SMILES string of the molecule is c1ccc(-c2cccc(-c3nc(-c4ccccc4)nc(-n4c5ccccc5c5c(-c6ccc7oc8ccccc8c7c6)cccc54)n3)c2)cc1. The van der Waals surface area contributed by atoms with Crippen molar-refractivity contribution in [1.29, 1.82) is 0 Å². The molecule has 5 heteroatoms. The molecule has 50 heavy (non-hydrogen) atoms. The predicted molar refractivity (Wildman–Crippen MR) is 203 cm³/mol. The van der Waals surface area contributed by atoms with Gasteiger partial charge in [0.15, 0.2) is 11.6 Å². The first-order valence-corrected chi connectivity index (χ1v) is 16.7. The maximum Gasteiger partial charge on any atom is 0.238 e. The summed E-state index contributed by atoms with van der Waals surface area (Å²) >= 11 is 0. The van der Waals surface area contributed by atoms with Crippen LogP contribution in [0.5, 0.6) is 0 Å². The molecule has 10 aromatic rings. The molecular weight excluding hydrogens is 613 g/mol. The summed E-state index contributed by atoms with van der Waals surface area (Å²) in [5.74, 6) is 1.81. The molecule has 0 radical (unpaired) electrons. The highest BCUT2D eigenvalue weighted by molar-refractivity contribution is 6.16. The van der Waals surface area contributed by atoms with Crippen LogP contribution < -0.4 is 0 Å². The number of aromatic nitrogens is 4. The summed E-state index contributed by atoms with van der Waals surface area (Å²) in [6.07, 6.45) is 0. The van der Waals surface area contributed by atoms with E-state index in [1.165, 1.54) is 0 Å². The molecular formula is C45H28N4O. The Labute approximate surface area is 287 Å². The van der Waals surface area contributed by atoms with Gasteiger partial charge in [-0.25, -0.2) is 4.98 Å². The highest BCUT2D eigenvalue weighted by Crippen LogP contribution is 2.40. The highest BCUT2D eigenvalue weighted by Gasteiger charge is 2.20. The molecule has 10 rings (SSSR count). The van der Waals surface area contributed by atoms with Crippen LogP contribution in [0.3, 0.4) is 0 Å². The Morgan fingerprint density at radius 3 is 1.84 bits per heavy atom. The van der Waals surface area contributed by atoms with Gasteiger partial charge in [-0.05, 0) is 58.7 Å². The van der Waals surface area contributed by atoms with Crippen LogP contribution in [0.15, 0.2) is 174 Å². The van der Waals surface area contributed by atoms with Gasteiger partial charge in [0, 0.05) is 32.7 Å². The Balaban J connectivity index is 1.22. The van der Waals surface area contributed by atoms with E-state index in [1.54, 1.807) is 0 Å². The van der Waals surface area contributed by atoms with Crippen LogP contribution in [0.2, 0.25) is 0 Å². The van der Waals surface area contributed by atoms with Gasteiger partial charge in [-0.15, -0.1) is 0 Å². The van der Waals surface area contributed by atoms with Gasteiger partial charge in [0.05, 0.1) is 11.0 Å². The summed E-state index contributed by atoms with van der Waals surface area (Å²) in [6, 6.07) is 58.6. The van der Waals surface area contributed by atoms with E-state index in [0.717, 1.165) is 77.1 Å². The number of benzene rings is 7. The van der Waals surface area contributed by atoms with Gasteiger partial charge in [-0.1, -0.05) is 133 Å². The minimum Gasteiger partial charge on any atom is -0.456 e. The fourth-order valence-electron chi connectivity index (χ4n) is 7.15. The maximum absolute atomic E-state index is 6.16. The van der Waals surface area contributed by atoms with E-state index in [4.69, 9.17) is 19.4 Å². The lowest BCUT2D eigenvalue weighted by molar-refractivity contribution is 0.669. The van der Waals surface area contributed by atoms with Crippen LogP contribution in [0.4, 0.5) is 0 Å². The van der Waals surface area contributed by atoms with E-state index in [-0.39, 0.29) is 0 Å². The number of hydrogen-bond donors (Lipinski definition) is 0. The summed E-state index contributed by atoms with van der Waals surface area (Å²) < 4.78 is 8.34. The van der Waals surface area contributed by atoms with Gasteiger partial charge in [0.25, 0.3) is 0 Å². The number of para-hydroxylation sites is 2. The molecule has 5 nitrogen and oxygen atoms in total. The molecule has 0 N–H and O–H groups in total. The second kappa shape index (κ2) is 11.4. The Hall–Kier alpha value is -6.85. The minimum atomic E-state index is 0.568. The van der Waals surface area contributed by atoms with Crippen molar-refractivity contribution in [2.24, 2.45) is 0 Å². The van der Waals surface area contributed by atoms with E-state index < -0.39 is 0 Å². The molecule has 0 atom stereocenters. The lowest BCUT2D eigenvalue weighted by Gasteiger charge is -2.12. The van der Waals surface area contributed by atoms with Crippen molar-refractivity contribution in [3.8, 4) is 51.0 Å². The van der Waals surface area contributed by atoms with Gasteiger partial charge in [-0.3, -0.25) is 4.57 Å². The number of fused-ring (bicyclic) bond motifs is 6. The summed E-state index contributed by atoms with van der Waals surface area (Å²) in [6.45, 7) is 0. The third kappa shape index (κ3) is 4.60. The van der Waals surface area contributed by atoms with Crippen LogP contribution in [-0.2, 0) is 0 Å². The summed E-state index contributed by atoms with van der Waals surface area (Å²) in [7, 11) is 0. The van der Waals surface area contributed by atoms with Crippen molar-refractivity contribution in [1.82, 2.24) is 19.5 Å². The molecule has 0 spiro atoms. The predicted octanol–water partition coefficient (Wildman–Crippen LogP) is 11.5. The average molecular weight is 641 g/mol. The summed E-state index contributed by atoms with van der Waals surface area (Å²) in [5.41, 5.74) is 10.2. The molecule has 0 unspecified atom stereocenters. The molecule has 7 aromatic carbocycles. The molecule has 0 amide bonds. The molecule has 0 aliphatic rings. The van der Waals surface area contributed by atoms with Crippen molar-refractivity contribution in [3.05, 3.63) is 170 Å². The molecule has 0 saturated heterocycles. The maximum atomic E-state index is 6.16. The van der Waals surface area contributed by atoms with E-state index >= 15 is 0 Å². The van der Waals surface area contributed by atoms with E-state index in [1.807, 2.05) is 48.5 Å². The Morgan fingerprint density at radius 1 is 0.380 bits per heavy atom. The smallest absolute Gasteiger partial charge is 0.238 e. The number of rotatable bonds is 5. The van der Waals surface area contributed by atoms with Crippen LogP contribution >= 0.6 is 0 Å². The molecule has 0 bridgehead atoms. The molecule has 3 aromatic heterocycles. The molecule has 0 saturated carbocycles. The fraction of sp³-hybridized carbons (Fsp3) is 0. The molecule has 0 fully saturated rings. The zero-order valence-corrected chi connectivity index (χ0v) is 26.9. The third-order valence-corrected chi connectivity index (χ3v) is 9.47. The van der Waals surface area contributed by atoms with Gasteiger partial charge < -0.3 is 4.42 Å². The van der Waals surface area contributed by atoms with E-state index in [2.05, 4.69) is 126 Å². The molecule has 0 aliphatic heterocycles. The molecule has 234 valence electrons. The Bertz CT molecular complexity index is 2870. The number of nitrogens with zero attached hydrogens (tertiary/aromatic N) is 4. The van der Waals surface area contributed by atoms with Crippen LogP contribution in [-0.4, -0.2) is 19.5 Å². The second-order valence-corrected chi connectivity index (χ2v) is 12.5. The minimum absolute atomic E-state index is 0.568. The first kappa shape index (κ1) is 28.2. The monoisotopic (exact) mass is 640 g/mol. The molecule has 0 aliphatic carbocycles. The number of hydrogen-bond acceptors (Lipinski definition) is 4. The first-order chi connectivity index (χ1) is 24.8. The summed E-state index contributed by atoms with van der Waals surface area (Å²) in [4.78, 5) is 15.4. The first-order valence-electron chi connectivity index (χ1n) is 16.7. The van der Waals surface area contributed by atoms with Crippen molar-refractivity contribution < 1.29 is 4.42 Å². The summed E-state index contributed by atoms with van der Waals surface area (Å²) in [5, 5.41) is 4.49. The largest absolute Gasteiger partial charge is 0.456 e. The Morgan fingerprint density at radius 2 is 1.00 bits per heavy atom. The standard InChI is InChI=1S/C45H28N4O/c1-3-13-29(14-4-1)31-17-11-18-33(27-31)44-46-43(30-15-5-2-6-16-30)47-45(48-44)49-38-22-9-7-20-36(38)42-34(21-12-23-39(42)49)32-25-26-41-37(28-32)35-19-8-10-24-40(35)50-41/h1-28H. The zero-order chi connectivity index (χ0) is 33.0. The third-order valence-electron chi connectivity index (χ3n) is 9.47. The van der Waals surface area contributed by atoms with E-state index in [9.17, 15) is 0 Å². The van der Waals surface area contributed by atoms with Gasteiger partial charge in [0.2, 0.25) is 5.95 Å². The average Bonchev–Trinajstić information content (AvgIpc) is 3.74. The van der Waals surface area contributed by atoms with Crippen molar-refractivity contribution in [2.75, 3.05) is 0 Å². The topological polar surface area (TPSA) is 56.7 Å². The number of furan rings is 1. The van der Waals surface area contributed by atoms with Crippen LogP contribution in [0, 0.1) is 0 Å². The highest BCUT2D eigenvalue weighted by atomic mass is 16.3. The Kier molecular flexibility index (Phi) is 6.42. The van der Waals surface area contributed by atoms with Crippen molar-refractivity contribution >= 4 is 43.7 Å². The second-order valence-electron chi connectivity index (χ2n) is 12.5.